The monoisotopic (exact) mass is 404 g/mol. The Morgan fingerprint density at radius 3 is 2.93 bits per heavy atom. The Balaban J connectivity index is 0.00000104. The summed E-state index contributed by atoms with van der Waals surface area (Å²) in [4.78, 5) is 15.6. The molecule has 160 valence electrons. The largest absolute Gasteiger partial charge is 0.493 e. The van der Waals surface area contributed by atoms with E-state index in [1.165, 1.54) is 19.8 Å². The second-order valence-corrected chi connectivity index (χ2v) is 7.11. The van der Waals surface area contributed by atoms with Crippen LogP contribution in [-0.2, 0) is 9.53 Å². The van der Waals surface area contributed by atoms with Gasteiger partial charge in [-0.05, 0) is 43.9 Å². The molecule has 0 bridgehead atoms. The van der Waals surface area contributed by atoms with Crippen molar-refractivity contribution in [2.75, 3.05) is 13.2 Å². The number of benzene rings is 1. The summed E-state index contributed by atoms with van der Waals surface area (Å²) >= 11 is 0. The number of carbonyl (C=O) groups is 1. The van der Waals surface area contributed by atoms with E-state index in [-0.39, 0.29) is 19.6 Å². The first-order valence-electron chi connectivity index (χ1n) is 10.2. The highest BCUT2D eigenvalue weighted by atomic mass is 16.5. The molecule has 1 unspecified atom stereocenters. The molecule has 1 aromatic carbocycles. The molecule has 8 nitrogen and oxygen atoms in total. The van der Waals surface area contributed by atoms with Crippen molar-refractivity contribution in [3.05, 3.63) is 30.2 Å². The lowest BCUT2D eigenvalue weighted by atomic mass is 10.3. The number of rotatable bonds is 8. The Hall–Kier alpha value is -2.58. The molecule has 1 aromatic heterocycles. The number of ether oxygens (including phenoxy) is 2. The summed E-state index contributed by atoms with van der Waals surface area (Å²) in [7, 11) is 0. The van der Waals surface area contributed by atoms with Crippen LogP contribution in [0.2, 0.25) is 0 Å². The summed E-state index contributed by atoms with van der Waals surface area (Å²) < 4.78 is 17.3. The zero-order chi connectivity index (χ0) is 20.8. The molecule has 0 radical (unpaired) electrons. The molecule has 2 atom stereocenters. The fraction of sp³-hybridized carbons (Fsp3) is 0.524. The first-order chi connectivity index (χ1) is 14.1. The van der Waals surface area contributed by atoms with Crippen LogP contribution >= 0.6 is 0 Å². The zero-order valence-electron chi connectivity index (χ0n) is 17.5. The van der Waals surface area contributed by atoms with E-state index >= 15 is 0 Å². The summed E-state index contributed by atoms with van der Waals surface area (Å²) in [6.45, 7) is 8.53. The third-order valence-corrected chi connectivity index (χ3v) is 4.41. The Morgan fingerprint density at radius 2 is 2.21 bits per heavy atom. The average molecular weight is 405 g/mol. The van der Waals surface area contributed by atoms with Gasteiger partial charge in [0.05, 0.1) is 13.2 Å². The minimum absolute atomic E-state index is 0. The van der Waals surface area contributed by atoms with E-state index in [1.54, 1.807) is 0 Å². The van der Waals surface area contributed by atoms with Gasteiger partial charge < -0.3 is 24.6 Å². The van der Waals surface area contributed by atoms with Gasteiger partial charge in [-0.1, -0.05) is 13.8 Å². The molecule has 29 heavy (non-hydrogen) atoms. The number of oxazole rings is 1. The number of carbonyl (C=O) groups excluding carboxylic acids is 1. The second kappa shape index (κ2) is 9.76. The second-order valence-electron chi connectivity index (χ2n) is 7.11. The van der Waals surface area contributed by atoms with Crippen LogP contribution in [0.1, 0.15) is 47.9 Å². The first kappa shape index (κ1) is 21.1. The molecule has 0 saturated heterocycles. The molecule has 2 aromatic rings. The van der Waals surface area contributed by atoms with Gasteiger partial charge in [-0.3, -0.25) is 4.79 Å². The topological polar surface area (TPSA) is 97.7 Å². The van der Waals surface area contributed by atoms with Gasteiger partial charge in [0.1, 0.15) is 23.2 Å². The van der Waals surface area contributed by atoms with Gasteiger partial charge in [0.15, 0.2) is 5.58 Å². The lowest BCUT2D eigenvalue weighted by Crippen LogP contribution is -2.39. The van der Waals surface area contributed by atoms with Crippen LogP contribution in [0.25, 0.3) is 16.8 Å². The van der Waals surface area contributed by atoms with Gasteiger partial charge in [-0.2, -0.15) is 0 Å². The Kier molecular flexibility index (Phi) is 7.11. The fourth-order valence-electron chi connectivity index (χ4n) is 2.85. The SMILES string of the molecule is CC.CC(=O)N[C@@H](C)COC1C=C(c2nc3cc(OCC4CC4)ccc3o2)NN1.[HH]. The predicted octanol–water partition coefficient (Wildman–Crippen LogP) is 3.20. The fourth-order valence-corrected chi connectivity index (χ4v) is 2.85. The van der Waals surface area contributed by atoms with Crippen molar-refractivity contribution in [2.24, 2.45) is 5.92 Å². The molecule has 3 N–H and O–H groups in total. The van der Waals surface area contributed by atoms with Gasteiger partial charge in [0.25, 0.3) is 0 Å². The van der Waals surface area contributed by atoms with E-state index in [9.17, 15) is 4.79 Å². The van der Waals surface area contributed by atoms with E-state index in [2.05, 4.69) is 21.2 Å². The maximum atomic E-state index is 11.0. The van der Waals surface area contributed by atoms with E-state index in [0.29, 0.717) is 29.7 Å². The Morgan fingerprint density at radius 1 is 1.41 bits per heavy atom. The third kappa shape index (κ3) is 5.95. The number of fused-ring (bicyclic) bond motifs is 1. The number of amides is 1. The lowest BCUT2D eigenvalue weighted by Gasteiger charge is -2.15. The Labute approximate surface area is 172 Å². The maximum Gasteiger partial charge on any atom is 0.244 e. The summed E-state index contributed by atoms with van der Waals surface area (Å²) in [6, 6.07) is 5.61. The standard InChI is InChI=1S/C19H24N4O4.C2H6.H2/c1-11(20-12(2)24)9-26-18-8-16(22-23-18)19-21-15-7-14(5-6-17(15)27-19)25-10-13-3-4-13;1-2;/h5-8,11,13,18,22-23H,3-4,9-10H2,1-2H3,(H,20,24);1-2H3;1H/t11-,18?;;/m0../s1. The first-order valence-corrected chi connectivity index (χ1v) is 10.2. The summed E-state index contributed by atoms with van der Waals surface area (Å²) in [5.41, 5.74) is 8.20. The summed E-state index contributed by atoms with van der Waals surface area (Å²) in [5, 5.41) is 2.78. The zero-order valence-corrected chi connectivity index (χ0v) is 17.5. The number of hydrazine groups is 1. The Bertz CT molecular complexity index is 866. The highest BCUT2D eigenvalue weighted by molar-refractivity contribution is 5.77. The molecule has 1 fully saturated rings. The van der Waals surface area contributed by atoms with Crippen molar-refractivity contribution in [3.63, 3.8) is 0 Å². The normalized spacial score (nSPS) is 19.0. The number of hydrogen-bond donors (Lipinski definition) is 3. The number of hydrogen-bond acceptors (Lipinski definition) is 7. The van der Waals surface area contributed by atoms with Crippen molar-refractivity contribution < 1.29 is 20.1 Å². The predicted molar refractivity (Wildman–Crippen MR) is 113 cm³/mol. The molecule has 2 aliphatic rings. The van der Waals surface area contributed by atoms with Crippen LogP contribution in [0.3, 0.4) is 0 Å². The van der Waals surface area contributed by atoms with Crippen molar-refractivity contribution in [1.29, 1.82) is 0 Å². The molecule has 2 heterocycles. The number of nitrogens with one attached hydrogen (secondary N) is 3. The number of nitrogens with zero attached hydrogens (tertiary/aromatic N) is 1. The lowest BCUT2D eigenvalue weighted by molar-refractivity contribution is -0.120. The average Bonchev–Trinajstić information content (AvgIpc) is 3.25. The maximum absolute atomic E-state index is 11.0. The number of aromatic nitrogens is 1. The van der Waals surface area contributed by atoms with Crippen LogP contribution < -0.4 is 20.9 Å². The highest BCUT2D eigenvalue weighted by Crippen LogP contribution is 2.30. The van der Waals surface area contributed by atoms with Crippen molar-refractivity contribution in [3.8, 4) is 5.75 Å². The van der Waals surface area contributed by atoms with E-state index < -0.39 is 0 Å². The summed E-state index contributed by atoms with van der Waals surface area (Å²) in [6.07, 6.45) is 4.05. The molecular weight excluding hydrogens is 372 g/mol. The van der Waals surface area contributed by atoms with E-state index in [4.69, 9.17) is 13.9 Å². The van der Waals surface area contributed by atoms with Crippen molar-refractivity contribution in [1.82, 2.24) is 21.2 Å². The van der Waals surface area contributed by atoms with Crippen molar-refractivity contribution >= 4 is 22.7 Å². The minimum atomic E-state index is -0.330. The van der Waals surface area contributed by atoms with Gasteiger partial charge in [0, 0.05) is 20.5 Å². The molecule has 1 aliphatic carbocycles. The van der Waals surface area contributed by atoms with Crippen molar-refractivity contribution in [2.45, 2.75) is 52.8 Å². The summed E-state index contributed by atoms with van der Waals surface area (Å²) in [5.74, 6) is 1.93. The van der Waals surface area contributed by atoms with Crippen LogP contribution in [0, 0.1) is 5.92 Å². The molecule has 8 heteroatoms. The van der Waals surface area contributed by atoms with Crippen LogP contribution in [-0.4, -0.2) is 36.4 Å². The molecule has 0 spiro atoms. The molecule has 1 saturated carbocycles. The van der Waals surface area contributed by atoms with Crippen LogP contribution in [0.15, 0.2) is 28.7 Å². The van der Waals surface area contributed by atoms with Gasteiger partial charge in [0.2, 0.25) is 11.8 Å². The molecule has 4 rings (SSSR count). The van der Waals surface area contributed by atoms with Crippen LogP contribution in [0.5, 0.6) is 5.75 Å². The van der Waals surface area contributed by atoms with Gasteiger partial charge in [-0.25, -0.2) is 10.4 Å². The van der Waals surface area contributed by atoms with E-state index in [1.807, 2.05) is 45.0 Å². The van der Waals surface area contributed by atoms with Gasteiger partial charge >= 0.3 is 0 Å². The highest BCUT2D eigenvalue weighted by Gasteiger charge is 2.23. The third-order valence-electron chi connectivity index (χ3n) is 4.41. The van der Waals surface area contributed by atoms with Gasteiger partial charge in [-0.15, -0.1) is 0 Å². The minimum Gasteiger partial charge on any atom is -0.493 e. The van der Waals surface area contributed by atoms with Crippen LogP contribution in [0.4, 0.5) is 0 Å². The molecular formula is C21H32N4O4. The quantitative estimate of drug-likeness (QED) is 0.621. The molecule has 1 aliphatic heterocycles. The molecule has 1 amide bonds. The van der Waals surface area contributed by atoms with E-state index in [0.717, 1.165) is 17.9 Å². The smallest absolute Gasteiger partial charge is 0.244 e.